The van der Waals surface area contributed by atoms with Gasteiger partial charge in [0.1, 0.15) is 5.75 Å². The lowest BCUT2D eigenvalue weighted by atomic mass is 10.1. The van der Waals surface area contributed by atoms with Gasteiger partial charge in [0.2, 0.25) is 5.91 Å². The molecule has 1 amide bonds. The summed E-state index contributed by atoms with van der Waals surface area (Å²) in [7, 11) is 0. The van der Waals surface area contributed by atoms with Gasteiger partial charge in [0.15, 0.2) is 0 Å². The molecule has 0 spiro atoms. The summed E-state index contributed by atoms with van der Waals surface area (Å²) in [5.41, 5.74) is 2.56. The van der Waals surface area contributed by atoms with Gasteiger partial charge in [0.05, 0.1) is 31.4 Å². The van der Waals surface area contributed by atoms with Crippen LogP contribution in [0.2, 0.25) is 0 Å². The second-order valence-corrected chi connectivity index (χ2v) is 5.47. The van der Waals surface area contributed by atoms with E-state index in [2.05, 4.69) is 0 Å². The summed E-state index contributed by atoms with van der Waals surface area (Å²) in [4.78, 5) is 14.2. The summed E-state index contributed by atoms with van der Waals surface area (Å²) in [5.74, 6) is 0.719. The molecule has 0 aliphatic carbocycles. The molecule has 0 bridgehead atoms. The third-order valence-electron chi connectivity index (χ3n) is 3.81. The highest BCUT2D eigenvalue weighted by atomic mass is 16.5. The van der Waals surface area contributed by atoms with Crippen LogP contribution in [0.4, 0.5) is 5.69 Å². The Bertz CT molecular complexity index is 667. The van der Waals surface area contributed by atoms with Gasteiger partial charge in [-0.05, 0) is 30.2 Å². The van der Waals surface area contributed by atoms with E-state index in [1.165, 1.54) is 0 Å². The number of anilines is 1. The van der Waals surface area contributed by atoms with Crippen molar-refractivity contribution in [2.75, 3.05) is 11.5 Å². The van der Waals surface area contributed by atoms with Crippen LogP contribution in [0.5, 0.6) is 5.75 Å². The van der Waals surface area contributed by atoms with Crippen molar-refractivity contribution in [1.29, 1.82) is 0 Å². The largest absolute Gasteiger partial charge is 0.491 e. The minimum Gasteiger partial charge on any atom is -0.491 e. The van der Waals surface area contributed by atoms with E-state index in [1.54, 1.807) is 11.8 Å². The molecule has 114 valence electrons. The summed E-state index contributed by atoms with van der Waals surface area (Å²) in [6.07, 6.45) is -0.229. The van der Waals surface area contributed by atoms with E-state index in [0.717, 1.165) is 16.8 Å². The van der Waals surface area contributed by atoms with Gasteiger partial charge in [-0.25, -0.2) is 0 Å². The van der Waals surface area contributed by atoms with Gasteiger partial charge in [0, 0.05) is 0 Å². The Labute approximate surface area is 130 Å². The second kappa shape index (κ2) is 6.20. The minimum absolute atomic E-state index is 0.0327. The van der Waals surface area contributed by atoms with E-state index < -0.39 is 6.10 Å². The van der Waals surface area contributed by atoms with Crippen molar-refractivity contribution in [3.63, 3.8) is 0 Å². The highest BCUT2D eigenvalue weighted by Gasteiger charge is 2.24. The molecule has 4 heteroatoms. The van der Waals surface area contributed by atoms with E-state index in [0.29, 0.717) is 25.3 Å². The number of hydrogen-bond acceptors (Lipinski definition) is 3. The van der Waals surface area contributed by atoms with Crippen LogP contribution < -0.4 is 9.64 Å². The Balaban J connectivity index is 2.01. The van der Waals surface area contributed by atoms with Crippen LogP contribution in [-0.4, -0.2) is 17.6 Å². The molecule has 0 saturated carbocycles. The lowest BCUT2D eigenvalue weighted by molar-refractivity contribution is -0.118. The van der Waals surface area contributed by atoms with Crippen LogP contribution in [0.3, 0.4) is 0 Å². The van der Waals surface area contributed by atoms with Crippen molar-refractivity contribution in [2.45, 2.75) is 26.0 Å². The minimum atomic E-state index is -0.581. The first-order valence-electron chi connectivity index (χ1n) is 7.44. The lowest BCUT2D eigenvalue weighted by Gasteiger charge is -2.23. The SMILES string of the molecule is CC(O)c1ccc2c(c1)N(Cc1ccccc1)C(=O)CCO2. The predicted octanol–water partition coefficient (Wildman–Crippen LogP) is 3.06. The number of carbonyl (C=O) groups excluding carboxylic acids is 1. The van der Waals surface area contributed by atoms with Crippen molar-refractivity contribution in [2.24, 2.45) is 0 Å². The standard InChI is InChI=1S/C18H19NO3/c1-13(20)15-7-8-17-16(11-15)19(18(21)9-10-22-17)12-14-5-3-2-4-6-14/h2-8,11,13,20H,9-10,12H2,1H3. The molecule has 0 aromatic heterocycles. The van der Waals surface area contributed by atoms with Crippen molar-refractivity contribution in [3.05, 3.63) is 59.7 Å². The van der Waals surface area contributed by atoms with Crippen molar-refractivity contribution < 1.29 is 14.6 Å². The third kappa shape index (κ3) is 2.97. The highest BCUT2D eigenvalue weighted by Crippen LogP contribution is 2.34. The Morgan fingerprint density at radius 3 is 2.73 bits per heavy atom. The van der Waals surface area contributed by atoms with Gasteiger partial charge in [-0.3, -0.25) is 4.79 Å². The summed E-state index contributed by atoms with van der Waals surface area (Å²) in [6, 6.07) is 15.4. The molecule has 1 aliphatic rings. The van der Waals surface area contributed by atoms with Crippen LogP contribution in [0.15, 0.2) is 48.5 Å². The molecule has 2 aromatic carbocycles. The van der Waals surface area contributed by atoms with Gasteiger partial charge in [-0.2, -0.15) is 0 Å². The maximum atomic E-state index is 12.4. The summed E-state index contributed by atoms with van der Waals surface area (Å²) < 4.78 is 5.68. The summed E-state index contributed by atoms with van der Waals surface area (Å²) in [5, 5.41) is 9.79. The molecular weight excluding hydrogens is 278 g/mol. The molecule has 0 radical (unpaired) electrons. The molecular formula is C18H19NO3. The van der Waals surface area contributed by atoms with E-state index in [9.17, 15) is 9.90 Å². The van der Waals surface area contributed by atoms with Gasteiger partial charge in [-0.15, -0.1) is 0 Å². The van der Waals surface area contributed by atoms with Crippen molar-refractivity contribution in [1.82, 2.24) is 0 Å². The normalized spacial score (nSPS) is 15.7. The Morgan fingerprint density at radius 2 is 2.00 bits per heavy atom. The molecule has 2 aromatic rings. The molecule has 0 fully saturated rings. The number of hydrogen-bond donors (Lipinski definition) is 1. The maximum absolute atomic E-state index is 12.4. The molecule has 1 unspecified atom stereocenters. The van der Waals surface area contributed by atoms with Crippen LogP contribution in [0.1, 0.15) is 30.6 Å². The molecule has 0 saturated heterocycles. The van der Waals surface area contributed by atoms with Crippen molar-refractivity contribution >= 4 is 11.6 Å². The number of rotatable bonds is 3. The van der Waals surface area contributed by atoms with Gasteiger partial charge in [0.25, 0.3) is 0 Å². The predicted molar refractivity (Wildman–Crippen MR) is 84.8 cm³/mol. The van der Waals surface area contributed by atoms with Crippen LogP contribution in [0, 0.1) is 0 Å². The van der Waals surface area contributed by atoms with E-state index in [-0.39, 0.29) is 5.91 Å². The average Bonchev–Trinajstić information content (AvgIpc) is 2.68. The quantitative estimate of drug-likeness (QED) is 0.947. The molecule has 22 heavy (non-hydrogen) atoms. The lowest BCUT2D eigenvalue weighted by Crippen LogP contribution is -2.29. The molecule has 1 N–H and O–H groups in total. The number of amides is 1. The first-order valence-corrected chi connectivity index (χ1v) is 7.44. The number of carbonyl (C=O) groups is 1. The summed E-state index contributed by atoms with van der Waals surface area (Å²) >= 11 is 0. The number of ether oxygens (including phenoxy) is 1. The zero-order chi connectivity index (χ0) is 15.5. The van der Waals surface area contributed by atoms with E-state index in [4.69, 9.17) is 4.74 Å². The second-order valence-electron chi connectivity index (χ2n) is 5.47. The van der Waals surface area contributed by atoms with E-state index >= 15 is 0 Å². The fourth-order valence-electron chi connectivity index (χ4n) is 2.58. The number of nitrogens with zero attached hydrogens (tertiary/aromatic N) is 1. The fraction of sp³-hybridized carbons (Fsp3) is 0.278. The maximum Gasteiger partial charge on any atom is 0.230 e. The number of benzene rings is 2. The zero-order valence-corrected chi connectivity index (χ0v) is 12.5. The van der Waals surface area contributed by atoms with E-state index in [1.807, 2.05) is 48.5 Å². The molecule has 4 nitrogen and oxygen atoms in total. The fourth-order valence-corrected chi connectivity index (χ4v) is 2.58. The number of aliphatic hydroxyl groups excluding tert-OH is 1. The molecule has 1 heterocycles. The van der Waals surface area contributed by atoms with Gasteiger partial charge in [-0.1, -0.05) is 36.4 Å². The molecule has 3 rings (SSSR count). The first kappa shape index (κ1) is 14.6. The number of aliphatic hydroxyl groups is 1. The van der Waals surface area contributed by atoms with Crippen molar-refractivity contribution in [3.8, 4) is 5.75 Å². The zero-order valence-electron chi connectivity index (χ0n) is 12.5. The molecule has 1 aliphatic heterocycles. The highest BCUT2D eigenvalue weighted by molar-refractivity contribution is 5.95. The first-order chi connectivity index (χ1) is 10.6. The molecule has 1 atom stereocenters. The topological polar surface area (TPSA) is 49.8 Å². The van der Waals surface area contributed by atoms with Crippen LogP contribution in [0.25, 0.3) is 0 Å². The average molecular weight is 297 g/mol. The Kier molecular flexibility index (Phi) is 4.11. The van der Waals surface area contributed by atoms with Gasteiger partial charge < -0.3 is 14.7 Å². The Morgan fingerprint density at radius 1 is 1.23 bits per heavy atom. The number of fused-ring (bicyclic) bond motifs is 1. The third-order valence-corrected chi connectivity index (χ3v) is 3.81. The Hall–Kier alpha value is -2.33. The van der Waals surface area contributed by atoms with Crippen LogP contribution >= 0.6 is 0 Å². The monoisotopic (exact) mass is 297 g/mol. The van der Waals surface area contributed by atoms with Crippen LogP contribution in [-0.2, 0) is 11.3 Å². The van der Waals surface area contributed by atoms with Gasteiger partial charge >= 0.3 is 0 Å². The smallest absolute Gasteiger partial charge is 0.230 e. The summed E-state index contributed by atoms with van der Waals surface area (Å²) in [6.45, 7) is 2.59.